The normalized spacial score (nSPS) is 15.1. The highest BCUT2D eigenvalue weighted by atomic mass is 32.2. The number of aryl methyl sites for hydroxylation is 2. The van der Waals surface area contributed by atoms with Crippen LogP contribution in [-0.2, 0) is 16.4 Å². The maximum atomic E-state index is 13.8. The second-order valence-corrected chi connectivity index (χ2v) is 11.0. The van der Waals surface area contributed by atoms with Gasteiger partial charge in [0.25, 0.3) is 0 Å². The molecule has 0 saturated carbocycles. The van der Waals surface area contributed by atoms with Gasteiger partial charge in [0.2, 0.25) is 15.4 Å². The van der Waals surface area contributed by atoms with Gasteiger partial charge in [-0.15, -0.1) is 0 Å². The minimum atomic E-state index is -3.69. The van der Waals surface area contributed by atoms with Crippen LogP contribution in [0.4, 0.5) is 5.69 Å². The first-order chi connectivity index (χ1) is 16.4. The lowest BCUT2D eigenvalue weighted by Crippen LogP contribution is -2.46. The van der Waals surface area contributed by atoms with Crippen LogP contribution in [0.1, 0.15) is 16.7 Å². The van der Waals surface area contributed by atoms with Gasteiger partial charge in [0.1, 0.15) is 0 Å². The number of sulfone groups is 1. The Balaban J connectivity index is 1.53. The lowest BCUT2D eigenvalue weighted by atomic mass is 10.1. The summed E-state index contributed by atoms with van der Waals surface area (Å²) in [6.45, 7) is 8.22. The molecule has 0 amide bonds. The molecule has 2 heterocycles. The van der Waals surface area contributed by atoms with Crippen LogP contribution in [0, 0.1) is 13.8 Å². The highest BCUT2D eigenvalue weighted by Gasteiger charge is 2.31. The fourth-order valence-corrected chi connectivity index (χ4v) is 6.13. The largest absolute Gasteiger partial charge is 0.367 e. The number of aromatic nitrogens is 1. The van der Waals surface area contributed by atoms with Gasteiger partial charge in [-0.05, 0) is 43.2 Å². The molecular formula is C28H30N3O2S+. The average molecular weight is 473 g/mol. The maximum Gasteiger partial charge on any atom is 0.214 e. The van der Waals surface area contributed by atoms with E-state index in [9.17, 15) is 8.42 Å². The monoisotopic (exact) mass is 472 g/mol. The third kappa shape index (κ3) is 4.43. The van der Waals surface area contributed by atoms with Crippen LogP contribution in [0.3, 0.4) is 0 Å². The van der Waals surface area contributed by atoms with E-state index in [1.165, 1.54) is 5.56 Å². The van der Waals surface area contributed by atoms with Gasteiger partial charge >= 0.3 is 0 Å². The number of fused-ring (bicyclic) bond motifs is 1. The lowest BCUT2D eigenvalue weighted by molar-refractivity contribution is -0.347. The molecule has 0 aliphatic carbocycles. The number of nitrogens with zero attached hydrogens (tertiary/aromatic N) is 2. The molecule has 1 fully saturated rings. The van der Waals surface area contributed by atoms with Gasteiger partial charge in [0.05, 0.1) is 16.0 Å². The number of hydrogen-bond donors (Lipinski definition) is 0. The Morgan fingerprint density at radius 2 is 1.50 bits per heavy atom. The molecule has 0 atom stereocenters. The zero-order valence-electron chi connectivity index (χ0n) is 19.7. The van der Waals surface area contributed by atoms with E-state index >= 15 is 0 Å². The Morgan fingerprint density at radius 3 is 2.21 bits per heavy atom. The number of benzene rings is 3. The van der Waals surface area contributed by atoms with E-state index in [0.29, 0.717) is 9.79 Å². The third-order valence-electron chi connectivity index (χ3n) is 6.58. The van der Waals surface area contributed by atoms with Crippen molar-refractivity contribution in [3.8, 4) is 0 Å². The zero-order chi connectivity index (χ0) is 23.7. The molecule has 34 heavy (non-hydrogen) atoms. The van der Waals surface area contributed by atoms with Gasteiger partial charge in [-0.1, -0.05) is 54.1 Å². The molecule has 5 nitrogen and oxygen atoms in total. The summed E-state index contributed by atoms with van der Waals surface area (Å²) < 4.78 is 27.6. The van der Waals surface area contributed by atoms with E-state index in [0.717, 1.165) is 60.4 Å². The van der Waals surface area contributed by atoms with Crippen molar-refractivity contribution in [1.82, 2.24) is 4.90 Å². The first-order valence-corrected chi connectivity index (χ1v) is 13.2. The SMILES string of the molecule is Cc1ccc(S(=O)(=O)c2c[nH+]c3ccc(C)cc3c2N2CCN(Cc3ccccc3)CC2)cc1. The number of rotatable bonds is 5. The molecule has 0 unspecified atom stereocenters. The number of aromatic amines is 1. The fraction of sp³-hybridized carbons (Fsp3) is 0.250. The number of anilines is 1. The van der Waals surface area contributed by atoms with Crippen molar-refractivity contribution >= 4 is 26.4 Å². The smallest absolute Gasteiger partial charge is 0.214 e. The van der Waals surface area contributed by atoms with Crippen LogP contribution in [0.5, 0.6) is 0 Å². The van der Waals surface area contributed by atoms with Gasteiger partial charge in [-0.2, -0.15) is 0 Å². The topological polar surface area (TPSA) is 54.8 Å². The lowest BCUT2D eigenvalue weighted by Gasteiger charge is -2.37. The number of H-pyrrole nitrogens is 1. The van der Waals surface area contributed by atoms with Gasteiger partial charge in [-0.25, -0.2) is 13.4 Å². The van der Waals surface area contributed by atoms with Gasteiger partial charge in [-0.3, -0.25) is 4.90 Å². The Labute approximate surface area is 201 Å². The number of nitrogens with one attached hydrogen (secondary N) is 1. The highest BCUT2D eigenvalue weighted by molar-refractivity contribution is 7.91. The summed E-state index contributed by atoms with van der Waals surface area (Å²) >= 11 is 0. The summed E-state index contributed by atoms with van der Waals surface area (Å²) in [5, 5.41) is 0.949. The maximum absolute atomic E-state index is 13.8. The second-order valence-electron chi connectivity index (χ2n) is 9.12. The first-order valence-electron chi connectivity index (χ1n) is 11.7. The number of pyridine rings is 1. The third-order valence-corrected chi connectivity index (χ3v) is 8.36. The van der Waals surface area contributed by atoms with E-state index in [1.54, 1.807) is 18.3 Å². The summed E-state index contributed by atoms with van der Waals surface area (Å²) in [5.74, 6) is 0. The molecule has 1 aliphatic rings. The van der Waals surface area contributed by atoms with Crippen molar-refractivity contribution in [2.45, 2.75) is 30.2 Å². The van der Waals surface area contributed by atoms with E-state index in [-0.39, 0.29) is 0 Å². The van der Waals surface area contributed by atoms with Crippen molar-refractivity contribution in [3.05, 3.63) is 95.7 Å². The first kappa shape index (κ1) is 22.6. The molecule has 0 radical (unpaired) electrons. The molecule has 0 bridgehead atoms. The summed E-state index contributed by atoms with van der Waals surface area (Å²) in [5.41, 5.74) is 5.19. The second kappa shape index (κ2) is 9.20. The Morgan fingerprint density at radius 1 is 0.824 bits per heavy atom. The van der Waals surface area contributed by atoms with E-state index in [1.807, 2.05) is 38.1 Å². The van der Waals surface area contributed by atoms with Crippen LogP contribution in [0.25, 0.3) is 10.9 Å². The molecule has 1 aromatic heterocycles. The number of piperazine rings is 1. The van der Waals surface area contributed by atoms with Crippen molar-refractivity contribution in [2.75, 3.05) is 31.1 Å². The Hall–Kier alpha value is -3.22. The van der Waals surface area contributed by atoms with Crippen LogP contribution >= 0.6 is 0 Å². The molecule has 5 rings (SSSR count). The molecule has 0 spiro atoms. The molecule has 4 aromatic rings. The minimum Gasteiger partial charge on any atom is -0.367 e. The standard InChI is InChI=1S/C28H29N3O2S/c1-21-8-11-24(12-9-21)34(32,33)27-19-29-26-13-10-22(2)18-25(26)28(27)31-16-14-30(15-17-31)20-23-6-4-3-5-7-23/h3-13,18-19H,14-17,20H2,1-2H3/p+1. The van der Waals surface area contributed by atoms with Gasteiger partial charge in [0, 0.05) is 38.8 Å². The van der Waals surface area contributed by atoms with E-state index < -0.39 is 9.84 Å². The predicted molar refractivity (Wildman–Crippen MR) is 136 cm³/mol. The van der Waals surface area contributed by atoms with E-state index in [4.69, 9.17) is 0 Å². The summed E-state index contributed by atoms with van der Waals surface area (Å²) in [6.07, 6.45) is 1.67. The van der Waals surface area contributed by atoms with Crippen LogP contribution in [-0.4, -0.2) is 39.5 Å². The predicted octanol–water partition coefficient (Wildman–Crippen LogP) is 4.43. The summed E-state index contributed by atoms with van der Waals surface area (Å²) in [7, 11) is -3.69. The summed E-state index contributed by atoms with van der Waals surface area (Å²) in [4.78, 5) is 8.58. The molecule has 1 aliphatic heterocycles. The van der Waals surface area contributed by atoms with Crippen molar-refractivity contribution in [2.24, 2.45) is 0 Å². The Kier molecular flexibility index (Phi) is 6.11. The zero-order valence-corrected chi connectivity index (χ0v) is 20.5. The summed E-state index contributed by atoms with van der Waals surface area (Å²) in [6, 6.07) is 23.8. The van der Waals surface area contributed by atoms with Crippen molar-refractivity contribution < 1.29 is 13.4 Å². The molecule has 1 N–H and O–H groups in total. The van der Waals surface area contributed by atoms with Crippen LogP contribution in [0.2, 0.25) is 0 Å². The molecule has 6 heteroatoms. The van der Waals surface area contributed by atoms with Crippen LogP contribution in [0.15, 0.2) is 88.8 Å². The fourth-order valence-electron chi connectivity index (χ4n) is 4.67. The van der Waals surface area contributed by atoms with Crippen LogP contribution < -0.4 is 9.88 Å². The van der Waals surface area contributed by atoms with Gasteiger partial charge in [0.15, 0.2) is 11.1 Å². The minimum absolute atomic E-state index is 0.322. The van der Waals surface area contributed by atoms with Crippen molar-refractivity contribution in [1.29, 1.82) is 0 Å². The molecule has 1 saturated heterocycles. The van der Waals surface area contributed by atoms with Gasteiger partial charge < -0.3 is 4.90 Å². The van der Waals surface area contributed by atoms with Crippen molar-refractivity contribution in [3.63, 3.8) is 0 Å². The Bertz CT molecular complexity index is 1410. The molecule has 3 aromatic carbocycles. The number of hydrogen-bond acceptors (Lipinski definition) is 4. The molecule has 174 valence electrons. The van der Waals surface area contributed by atoms with E-state index in [2.05, 4.69) is 51.2 Å². The molecular weight excluding hydrogens is 442 g/mol. The highest BCUT2D eigenvalue weighted by Crippen LogP contribution is 2.35. The average Bonchev–Trinajstić information content (AvgIpc) is 2.85. The quantitative estimate of drug-likeness (QED) is 0.431.